The molecule has 0 atom stereocenters. The molecule has 2 N–H and O–H groups in total. The number of benzene rings is 2. The molecule has 28 heavy (non-hydrogen) atoms. The number of ether oxygens (including phenoxy) is 1. The molecule has 148 valence electrons. The summed E-state index contributed by atoms with van der Waals surface area (Å²) in [5, 5.41) is 4.17. The molecule has 0 saturated heterocycles. The van der Waals surface area contributed by atoms with Gasteiger partial charge in [0.25, 0.3) is 0 Å². The van der Waals surface area contributed by atoms with Crippen LogP contribution in [0.15, 0.2) is 54.7 Å². The standard InChI is InChI=1S/C20H21FN4O2.CH4/c1-24(2)10-11-27-17-5-3-4-14(12-17)19(26)18-13-23-25(20(18)22)16-8-6-15(21)7-9-16;/h3-9,12-13H,10-11,22H2,1-2H3;1H4. The fourth-order valence-electron chi connectivity index (χ4n) is 2.55. The molecule has 0 aliphatic rings. The molecule has 0 spiro atoms. The van der Waals surface area contributed by atoms with Gasteiger partial charge in [0.2, 0.25) is 0 Å². The minimum absolute atomic E-state index is 0. The zero-order chi connectivity index (χ0) is 19.4. The molecule has 3 rings (SSSR count). The molecule has 0 unspecified atom stereocenters. The van der Waals surface area contributed by atoms with E-state index in [0.29, 0.717) is 23.6 Å². The minimum atomic E-state index is -0.355. The van der Waals surface area contributed by atoms with E-state index in [0.717, 1.165) is 6.54 Å². The summed E-state index contributed by atoms with van der Waals surface area (Å²) in [6.07, 6.45) is 1.42. The van der Waals surface area contributed by atoms with Crippen molar-refractivity contribution in [2.24, 2.45) is 0 Å². The Bertz CT molecular complexity index is 936. The highest BCUT2D eigenvalue weighted by atomic mass is 19.1. The second-order valence-corrected chi connectivity index (χ2v) is 6.34. The average Bonchev–Trinajstić information content (AvgIpc) is 3.03. The third kappa shape index (κ3) is 4.75. The highest BCUT2D eigenvalue weighted by Gasteiger charge is 2.18. The lowest BCUT2D eigenvalue weighted by Crippen LogP contribution is -2.19. The van der Waals surface area contributed by atoms with Gasteiger partial charge >= 0.3 is 0 Å². The van der Waals surface area contributed by atoms with Crippen LogP contribution in [0, 0.1) is 5.82 Å². The van der Waals surface area contributed by atoms with Gasteiger partial charge in [0.15, 0.2) is 5.78 Å². The highest BCUT2D eigenvalue weighted by molar-refractivity contribution is 6.11. The molecule has 0 saturated carbocycles. The third-order valence-corrected chi connectivity index (χ3v) is 4.03. The van der Waals surface area contributed by atoms with Gasteiger partial charge in [0, 0.05) is 12.1 Å². The number of nitrogen functional groups attached to an aromatic ring is 1. The van der Waals surface area contributed by atoms with E-state index in [2.05, 4.69) is 5.10 Å². The van der Waals surface area contributed by atoms with E-state index >= 15 is 0 Å². The number of likely N-dealkylation sites (N-methyl/N-ethyl adjacent to an activating group) is 1. The van der Waals surface area contributed by atoms with E-state index in [1.165, 1.54) is 23.0 Å². The van der Waals surface area contributed by atoms with Crippen molar-refractivity contribution >= 4 is 11.6 Å². The maximum atomic E-state index is 13.1. The fourth-order valence-corrected chi connectivity index (χ4v) is 2.55. The van der Waals surface area contributed by atoms with Crippen LogP contribution in [0.5, 0.6) is 5.75 Å². The molecular weight excluding hydrogens is 359 g/mol. The summed E-state index contributed by atoms with van der Waals surface area (Å²) in [7, 11) is 3.93. The molecule has 2 aromatic carbocycles. The predicted molar refractivity (Wildman–Crippen MR) is 109 cm³/mol. The Morgan fingerprint density at radius 2 is 1.93 bits per heavy atom. The van der Waals surface area contributed by atoms with Crippen LogP contribution in [0.4, 0.5) is 10.2 Å². The van der Waals surface area contributed by atoms with E-state index < -0.39 is 0 Å². The molecule has 0 aliphatic heterocycles. The third-order valence-electron chi connectivity index (χ3n) is 4.03. The normalized spacial score (nSPS) is 10.6. The van der Waals surface area contributed by atoms with Gasteiger partial charge in [-0.05, 0) is 50.5 Å². The predicted octanol–water partition coefficient (Wildman–Crippen LogP) is 3.40. The molecule has 6 nitrogen and oxygen atoms in total. The van der Waals surface area contributed by atoms with Crippen molar-refractivity contribution in [1.82, 2.24) is 14.7 Å². The summed E-state index contributed by atoms with van der Waals surface area (Å²) in [5.41, 5.74) is 7.43. The average molecular weight is 384 g/mol. The number of nitrogens with two attached hydrogens (primary N) is 1. The summed E-state index contributed by atoms with van der Waals surface area (Å²) in [4.78, 5) is 14.9. The maximum absolute atomic E-state index is 13.1. The molecule has 0 bridgehead atoms. The second kappa shape index (κ2) is 9.14. The van der Waals surface area contributed by atoms with Crippen molar-refractivity contribution in [2.75, 3.05) is 33.0 Å². The number of halogens is 1. The summed E-state index contributed by atoms with van der Waals surface area (Å²) < 4.78 is 20.2. The van der Waals surface area contributed by atoms with Crippen molar-refractivity contribution in [1.29, 1.82) is 0 Å². The number of carbonyl (C=O) groups excluding carboxylic acids is 1. The molecule has 0 aliphatic carbocycles. The first-order chi connectivity index (χ1) is 13.0. The summed E-state index contributed by atoms with van der Waals surface area (Å²) >= 11 is 0. The van der Waals surface area contributed by atoms with E-state index in [1.807, 2.05) is 19.0 Å². The van der Waals surface area contributed by atoms with Crippen LogP contribution in [0.3, 0.4) is 0 Å². The number of ketones is 1. The molecule has 0 amide bonds. The quantitative estimate of drug-likeness (QED) is 0.632. The number of hydrogen-bond donors (Lipinski definition) is 1. The van der Waals surface area contributed by atoms with Gasteiger partial charge in [0.1, 0.15) is 24.0 Å². The Kier molecular flexibility index (Phi) is 6.89. The lowest BCUT2D eigenvalue weighted by atomic mass is 10.1. The van der Waals surface area contributed by atoms with Gasteiger partial charge in [-0.2, -0.15) is 5.10 Å². The monoisotopic (exact) mass is 384 g/mol. The SMILES string of the molecule is C.CN(C)CCOc1cccc(C(=O)c2cnn(-c3ccc(F)cc3)c2N)c1. The molecule has 0 radical (unpaired) electrons. The molecular formula is C21H25FN4O2. The van der Waals surface area contributed by atoms with E-state index in [9.17, 15) is 9.18 Å². The van der Waals surface area contributed by atoms with Crippen molar-refractivity contribution in [3.05, 3.63) is 71.7 Å². The lowest BCUT2D eigenvalue weighted by Gasteiger charge is -2.11. The maximum Gasteiger partial charge on any atom is 0.198 e. The van der Waals surface area contributed by atoms with Gasteiger partial charge in [-0.25, -0.2) is 9.07 Å². The summed E-state index contributed by atoms with van der Waals surface area (Å²) in [6.45, 7) is 1.30. The first-order valence-corrected chi connectivity index (χ1v) is 8.47. The number of rotatable bonds is 7. The molecule has 1 aromatic heterocycles. The number of hydrogen-bond acceptors (Lipinski definition) is 5. The van der Waals surface area contributed by atoms with Crippen LogP contribution >= 0.6 is 0 Å². The fraction of sp³-hybridized carbons (Fsp3) is 0.238. The zero-order valence-corrected chi connectivity index (χ0v) is 15.2. The Labute approximate surface area is 164 Å². The minimum Gasteiger partial charge on any atom is -0.492 e. The largest absolute Gasteiger partial charge is 0.492 e. The first kappa shape index (κ1) is 21.1. The van der Waals surface area contributed by atoms with Gasteiger partial charge in [-0.3, -0.25) is 4.79 Å². The first-order valence-electron chi connectivity index (χ1n) is 8.47. The highest BCUT2D eigenvalue weighted by Crippen LogP contribution is 2.22. The zero-order valence-electron chi connectivity index (χ0n) is 15.2. The van der Waals surface area contributed by atoms with E-state index in [1.54, 1.807) is 36.4 Å². The number of carbonyl (C=O) groups is 1. The topological polar surface area (TPSA) is 73.4 Å². The second-order valence-electron chi connectivity index (χ2n) is 6.34. The summed E-state index contributed by atoms with van der Waals surface area (Å²) in [5.74, 6) is 0.212. The number of nitrogens with zero attached hydrogens (tertiary/aromatic N) is 3. The van der Waals surface area contributed by atoms with Crippen molar-refractivity contribution in [3.8, 4) is 11.4 Å². The van der Waals surface area contributed by atoms with Crippen LogP contribution in [-0.2, 0) is 0 Å². The van der Waals surface area contributed by atoms with Crippen LogP contribution in [0.25, 0.3) is 5.69 Å². The van der Waals surface area contributed by atoms with Crippen LogP contribution < -0.4 is 10.5 Å². The van der Waals surface area contributed by atoms with Crippen LogP contribution in [-0.4, -0.2) is 47.7 Å². The van der Waals surface area contributed by atoms with Crippen molar-refractivity contribution in [2.45, 2.75) is 7.43 Å². The van der Waals surface area contributed by atoms with Gasteiger partial charge in [-0.1, -0.05) is 19.6 Å². The Hall–Kier alpha value is -3.19. The van der Waals surface area contributed by atoms with Crippen molar-refractivity contribution in [3.63, 3.8) is 0 Å². The molecule has 1 heterocycles. The Morgan fingerprint density at radius 3 is 2.61 bits per heavy atom. The smallest absolute Gasteiger partial charge is 0.198 e. The van der Waals surface area contributed by atoms with E-state index in [-0.39, 0.29) is 30.4 Å². The summed E-state index contributed by atoms with van der Waals surface area (Å²) in [6, 6.07) is 12.7. The van der Waals surface area contributed by atoms with Gasteiger partial charge in [0.05, 0.1) is 17.4 Å². The lowest BCUT2D eigenvalue weighted by molar-refractivity contribution is 0.103. The van der Waals surface area contributed by atoms with Gasteiger partial charge in [-0.15, -0.1) is 0 Å². The Balaban J connectivity index is 0.00000280. The molecule has 3 aromatic rings. The number of anilines is 1. The van der Waals surface area contributed by atoms with Gasteiger partial charge < -0.3 is 15.4 Å². The molecule has 0 fully saturated rings. The van der Waals surface area contributed by atoms with Crippen molar-refractivity contribution < 1.29 is 13.9 Å². The van der Waals surface area contributed by atoms with Crippen LogP contribution in [0.1, 0.15) is 23.3 Å². The van der Waals surface area contributed by atoms with Crippen LogP contribution in [0.2, 0.25) is 0 Å². The molecule has 7 heteroatoms. The number of aromatic nitrogens is 2. The Morgan fingerprint density at radius 1 is 1.21 bits per heavy atom. The van der Waals surface area contributed by atoms with E-state index in [4.69, 9.17) is 10.5 Å².